The van der Waals surface area contributed by atoms with Crippen molar-refractivity contribution in [1.29, 1.82) is 0 Å². The van der Waals surface area contributed by atoms with Gasteiger partial charge in [-0.15, -0.1) is 11.6 Å². The van der Waals surface area contributed by atoms with Crippen molar-refractivity contribution in [3.63, 3.8) is 0 Å². The third-order valence-corrected chi connectivity index (χ3v) is 4.01. The van der Waals surface area contributed by atoms with Gasteiger partial charge in [-0.05, 0) is 38.1 Å². The number of likely N-dealkylation sites (tertiary alicyclic amines) is 1. The third kappa shape index (κ3) is 2.60. The number of aromatic nitrogens is 1. The van der Waals surface area contributed by atoms with Crippen molar-refractivity contribution in [2.75, 3.05) is 25.5 Å². The molecule has 3 nitrogen and oxygen atoms in total. The van der Waals surface area contributed by atoms with E-state index in [1.165, 1.54) is 12.1 Å². The zero-order valence-electron chi connectivity index (χ0n) is 10.6. The van der Waals surface area contributed by atoms with Crippen LogP contribution in [0, 0.1) is 5.82 Å². The van der Waals surface area contributed by atoms with Crippen LogP contribution in [-0.2, 0) is 0 Å². The van der Waals surface area contributed by atoms with Gasteiger partial charge in [-0.2, -0.15) is 0 Å². The van der Waals surface area contributed by atoms with Crippen LogP contribution < -0.4 is 0 Å². The molecule has 0 N–H and O–H groups in total. The molecule has 0 amide bonds. The van der Waals surface area contributed by atoms with Gasteiger partial charge in [-0.3, -0.25) is 0 Å². The standard InChI is InChI=1S/C14H16ClFN2O/c15-5-8-18-6-3-10(4-7-18)14-12-2-1-11(16)9-13(12)19-17-14/h1-2,9-10H,3-8H2. The van der Waals surface area contributed by atoms with E-state index in [0.29, 0.717) is 17.4 Å². The average Bonchev–Trinajstić information content (AvgIpc) is 2.83. The van der Waals surface area contributed by atoms with E-state index in [4.69, 9.17) is 16.1 Å². The van der Waals surface area contributed by atoms with Crippen LogP contribution >= 0.6 is 11.6 Å². The maximum Gasteiger partial charge on any atom is 0.170 e. The molecule has 0 spiro atoms. The second-order valence-corrected chi connectivity index (χ2v) is 5.39. The lowest BCUT2D eigenvalue weighted by Crippen LogP contribution is -2.34. The second-order valence-electron chi connectivity index (χ2n) is 5.01. The molecule has 19 heavy (non-hydrogen) atoms. The molecule has 0 radical (unpaired) electrons. The lowest BCUT2D eigenvalue weighted by atomic mass is 9.91. The van der Waals surface area contributed by atoms with Crippen LogP contribution in [0.3, 0.4) is 0 Å². The first-order chi connectivity index (χ1) is 9.28. The van der Waals surface area contributed by atoms with Crippen LogP contribution in [0.15, 0.2) is 22.7 Å². The Bertz CT molecular complexity index is 564. The summed E-state index contributed by atoms with van der Waals surface area (Å²) in [7, 11) is 0. The lowest BCUT2D eigenvalue weighted by molar-refractivity contribution is 0.220. The van der Waals surface area contributed by atoms with Crippen LogP contribution in [0.4, 0.5) is 4.39 Å². The first kappa shape index (κ1) is 12.9. The fourth-order valence-electron chi connectivity index (χ4n) is 2.77. The number of piperidine rings is 1. The van der Waals surface area contributed by atoms with Crippen molar-refractivity contribution in [2.24, 2.45) is 0 Å². The molecule has 0 atom stereocenters. The molecule has 0 saturated carbocycles. The molecular formula is C14H16ClFN2O. The molecular weight excluding hydrogens is 267 g/mol. The minimum atomic E-state index is -0.285. The van der Waals surface area contributed by atoms with E-state index >= 15 is 0 Å². The molecule has 2 aromatic rings. The Morgan fingerprint density at radius 2 is 2.16 bits per heavy atom. The van der Waals surface area contributed by atoms with Gasteiger partial charge in [-0.1, -0.05) is 5.16 Å². The van der Waals surface area contributed by atoms with Gasteiger partial charge in [0.05, 0.1) is 5.69 Å². The normalized spacial score (nSPS) is 18.2. The molecule has 1 saturated heterocycles. The molecule has 5 heteroatoms. The Balaban J connectivity index is 1.78. The molecule has 3 rings (SSSR count). The van der Waals surface area contributed by atoms with Gasteiger partial charge in [-0.25, -0.2) is 4.39 Å². The summed E-state index contributed by atoms with van der Waals surface area (Å²) in [5.41, 5.74) is 1.51. The number of halogens is 2. The van der Waals surface area contributed by atoms with Gasteiger partial charge < -0.3 is 9.42 Å². The van der Waals surface area contributed by atoms with Crippen molar-refractivity contribution in [1.82, 2.24) is 10.1 Å². The zero-order chi connectivity index (χ0) is 13.2. The van der Waals surface area contributed by atoms with E-state index in [9.17, 15) is 4.39 Å². The topological polar surface area (TPSA) is 29.3 Å². The average molecular weight is 283 g/mol. The number of hydrogen-bond acceptors (Lipinski definition) is 3. The van der Waals surface area contributed by atoms with Crippen molar-refractivity contribution in [3.05, 3.63) is 29.7 Å². The third-order valence-electron chi connectivity index (χ3n) is 3.84. The number of fused-ring (bicyclic) bond motifs is 1. The largest absolute Gasteiger partial charge is 0.356 e. The highest BCUT2D eigenvalue weighted by Crippen LogP contribution is 2.32. The predicted octanol–water partition coefficient (Wildman–Crippen LogP) is 3.39. The SMILES string of the molecule is Fc1ccc2c(C3CCN(CCCl)CC3)noc2c1. The van der Waals surface area contributed by atoms with Gasteiger partial charge >= 0.3 is 0 Å². The minimum absolute atomic E-state index is 0.285. The van der Waals surface area contributed by atoms with Crippen molar-refractivity contribution in [2.45, 2.75) is 18.8 Å². The number of alkyl halides is 1. The Kier molecular flexibility index (Phi) is 3.71. The molecule has 1 aromatic carbocycles. The smallest absolute Gasteiger partial charge is 0.170 e. The highest BCUT2D eigenvalue weighted by Gasteiger charge is 2.24. The number of benzene rings is 1. The molecule has 1 aliphatic rings. The highest BCUT2D eigenvalue weighted by atomic mass is 35.5. The Hall–Kier alpha value is -1.13. The molecule has 102 valence electrons. The van der Waals surface area contributed by atoms with Crippen LogP contribution in [0.1, 0.15) is 24.5 Å². The molecule has 1 fully saturated rings. The predicted molar refractivity (Wildman–Crippen MR) is 73.1 cm³/mol. The van der Waals surface area contributed by atoms with E-state index in [1.807, 2.05) is 0 Å². The quantitative estimate of drug-likeness (QED) is 0.808. The zero-order valence-corrected chi connectivity index (χ0v) is 11.4. The number of rotatable bonds is 3. The summed E-state index contributed by atoms with van der Waals surface area (Å²) in [5.74, 6) is 0.794. The maximum absolute atomic E-state index is 13.1. The summed E-state index contributed by atoms with van der Waals surface area (Å²) in [5, 5.41) is 5.09. The summed E-state index contributed by atoms with van der Waals surface area (Å²) in [6, 6.07) is 4.63. The van der Waals surface area contributed by atoms with E-state index in [-0.39, 0.29) is 5.82 Å². The van der Waals surface area contributed by atoms with Crippen molar-refractivity contribution >= 4 is 22.6 Å². The van der Waals surface area contributed by atoms with Gasteiger partial charge in [0, 0.05) is 29.8 Å². The fourth-order valence-corrected chi connectivity index (χ4v) is 3.01. The second kappa shape index (κ2) is 5.47. The highest BCUT2D eigenvalue weighted by molar-refractivity contribution is 6.18. The molecule has 1 aromatic heterocycles. The summed E-state index contributed by atoms with van der Waals surface area (Å²) < 4.78 is 18.3. The van der Waals surface area contributed by atoms with E-state index < -0.39 is 0 Å². The van der Waals surface area contributed by atoms with Crippen LogP contribution in [0.25, 0.3) is 11.0 Å². The molecule has 2 heterocycles. The van der Waals surface area contributed by atoms with Crippen LogP contribution in [0.2, 0.25) is 0 Å². The molecule has 1 aliphatic heterocycles. The van der Waals surface area contributed by atoms with Crippen LogP contribution in [0.5, 0.6) is 0 Å². The lowest BCUT2D eigenvalue weighted by Gasteiger charge is -2.30. The maximum atomic E-state index is 13.1. The monoisotopic (exact) mass is 282 g/mol. The summed E-state index contributed by atoms with van der Waals surface area (Å²) >= 11 is 5.76. The summed E-state index contributed by atoms with van der Waals surface area (Å²) in [4.78, 5) is 2.37. The number of hydrogen-bond donors (Lipinski definition) is 0. The van der Waals surface area contributed by atoms with E-state index in [1.54, 1.807) is 6.07 Å². The van der Waals surface area contributed by atoms with Crippen LogP contribution in [-0.4, -0.2) is 35.6 Å². The Morgan fingerprint density at radius 3 is 2.89 bits per heavy atom. The Morgan fingerprint density at radius 1 is 1.37 bits per heavy atom. The van der Waals surface area contributed by atoms with Gasteiger partial charge in [0.25, 0.3) is 0 Å². The first-order valence-corrected chi connectivity index (χ1v) is 7.14. The fraction of sp³-hybridized carbons (Fsp3) is 0.500. The van der Waals surface area contributed by atoms with Gasteiger partial charge in [0.2, 0.25) is 0 Å². The Labute approximate surface area is 116 Å². The number of nitrogens with zero attached hydrogens (tertiary/aromatic N) is 2. The molecule has 0 bridgehead atoms. The molecule has 0 aliphatic carbocycles. The first-order valence-electron chi connectivity index (χ1n) is 6.61. The van der Waals surface area contributed by atoms with Crippen molar-refractivity contribution in [3.8, 4) is 0 Å². The minimum Gasteiger partial charge on any atom is -0.356 e. The summed E-state index contributed by atoms with van der Waals surface area (Å²) in [6.07, 6.45) is 2.10. The van der Waals surface area contributed by atoms with Gasteiger partial charge in [0.1, 0.15) is 5.82 Å². The van der Waals surface area contributed by atoms with E-state index in [2.05, 4.69) is 10.1 Å². The van der Waals surface area contributed by atoms with Gasteiger partial charge in [0.15, 0.2) is 5.58 Å². The summed E-state index contributed by atoms with van der Waals surface area (Å²) in [6.45, 7) is 3.01. The van der Waals surface area contributed by atoms with E-state index in [0.717, 1.165) is 43.6 Å². The molecule has 0 unspecified atom stereocenters. The van der Waals surface area contributed by atoms with Crippen molar-refractivity contribution < 1.29 is 8.91 Å².